The molecule has 18 heavy (non-hydrogen) atoms. The Labute approximate surface area is 116 Å². The first-order valence-corrected chi connectivity index (χ1v) is 6.40. The first-order valence-electron chi connectivity index (χ1n) is 5.61. The Balaban J connectivity index is 2.34. The Bertz CT molecular complexity index is 563. The summed E-state index contributed by atoms with van der Waals surface area (Å²) < 4.78 is 7.10. The fourth-order valence-corrected chi connectivity index (χ4v) is 1.97. The number of thiocarbonyl (C=S) groups is 1. The van der Waals surface area contributed by atoms with Crippen LogP contribution in [0, 0.1) is 6.92 Å². The number of nitrogens with zero attached hydrogens (tertiary/aromatic N) is 2. The van der Waals surface area contributed by atoms with Crippen molar-refractivity contribution in [2.75, 3.05) is 6.61 Å². The first kappa shape index (κ1) is 13.1. The lowest BCUT2D eigenvalue weighted by molar-refractivity contribution is 0.336. The van der Waals surface area contributed by atoms with E-state index in [0.29, 0.717) is 22.4 Å². The molecule has 2 aromatic rings. The molecule has 94 valence electrons. The summed E-state index contributed by atoms with van der Waals surface area (Å²) in [4.78, 5) is 0. The summed E-state index contributed by atoms with van der Waals surface area (Å²) in [5.41, 5.74) is 2.62. The van der Waals surface area contributed by atoms with Crippen LogP contribution in [0.15, 0.2) is 30.3 Å². The quantitative estimate of drug-likeness (QED) is 0.805. The zero-order valence-electron chi connectivity index (χ0n) is 10.2. The summed E-state index contributed by atoms with van der Waals surface area (Å²) in [6.07, 6.45) is 0. The van der Waals surface area contributed by atoms with Gasteiger partial charge in [-0.2, -0.15) is 5.10 Å². The summed E-state index contributed by atoms with van der Waals surface area (Å²) in [5, 5.41) is 5.56. The molecule has 2 rings (SSSR count). The van der Waals surface area contributed by atoms with Crippen molar-refractivity contribution in [3.05, 3.63) is 46.7 Å². The van der Waals surface area contributed by atoms with Crippen LogP contribution in [0.2, 0.25) is 5.02 Å². The van der Waals surface area contributed by atoms with Gasteiger partial charge in [0.2, 0.25) is 5.05 Å². The molecule has 0 radical (unpaired) electrons. The lowest BCUT2D eigenvalue weighted by Gasteiger charge is -2.04. The van der Waals surface area contributed by atoms with Gasteiger partial charge < -0.3 is 4.74 Å². The van der Waals surface area contributed by atoms with Crippen LogP contribution in [0.25, 0.3) is 5.69 Å². The van der Waals surface area contributed by atoms with Gasteiger partial charge >= 0.3 is 0 Å². The van der Waals surface area contributed by atoms with Crippen molar-refractivity contribution < 1.29 is 4.74 Å². The molecular formula is C13H13ClN2OS. The van der Waals surface area contributed by atoms with Gasteiger partial charge in [-0.05, 0) is 56.4 Å². The van der Waals surface area contributed by atoms with Gasteiger partial charge in [0.05, 0.1) is 12.3 Å². The maximum atomic E-state index is 5.87. The second-order valence-corrected chi connectivity index (χ2v) is 4.59. The fraction of sp³-hybridized carbons (Fsp3) is 0.231. The molecule has 1 aromatic heterocycles. The van der Waals surface area contributed by atoms with E-state index in [1.807, 2.05) is 48.9 Å². The zero-order valence-corrected chi connectivity index (χ0v) is 11.8. The van der Waals surface area contributed by atoms with Crippen LogP contribution in [0.1, 0.15) is 18.3 Å². The number of halogens is 1. The van der Waals surface area contributed by atoms with Gasteiger partial charge in [0.25, 0.3) is 0 Å². The molecule has 1 heterocycles. The van der Waals surface area contributed by atoms with Gasteiger partial charge in [-0.15, -0.1) is 0 Å². The molecule has 0 fully saturated rings. The highest BCUT2D eigenvalue weighted by Gasteiger charge is 2.10. The van der Waals surface area contributed by atoms with Crippen LogP contribution in [-0.4, -0.2) is 21.4 Å². The Kier molecular flexibility index (Phi) is 3.99. The van der Waals surface area contributed by atoms with Crippen LogP contribution >= 0.6 is 23.8 Å². The number of benzene rings is 1. The Morgan fingerprint density at radius 1 is 1.39 bits per heavy atom. The van der Waals surface area contributed by atoms with Crippen molar-refractivity contribution >= 4 is 28.9 Å². The van der Waals surface area contributed by atoms with Crippen molar-refractivity contribution in [2.45, 2.75) is 13.8 Å². The summed E-state index contributed by atoms with van der Waals surface area (Å²) in [5.74, 6) is 0. The van der Waals surface area contributed by atoms with E-state index in [2.05, 4.69) is 5.10 Å². The second kappa shape index (κ2) is 5.50. The molecule has 0 amide bonds. The second-order valence-electron chi connectivity index (χ2n) is 3.78. The molecule has 0 N–H and O–H groups in total. The monoisotopic (exact) mass is 280 g/mol. The molecule has 0 aliphatic carbocycles. The lowest BCUT2D eigenvalue weighted by Crippen LogP contribution is -2.05. The summed E-state index contributed by atoms with van der Waals surface area (Å²) in [6, 6.07) is 9.40. The molecule has 1 aromatic carbocycles. The zero-order chi connectivity index (χ0) is 13.1. The van der Waals surface area contributed by atoms with E-state index in [-0.39, 0.29) is 0 Å². The predicted octanol–water partition coefficient (Wildman–Crippen LogP) is 3.55. The molecule has 0 aliphatic heterocycles. The van der Waals surface area contributed by atoms with Gasteiger partial charge in [-0.1, -0.05) is 11.6 Å². The highest BCUT2D eigenvalue weighted by Crippen LogP contribution is 2.16. The van der Waals surface area contributed by atoms with Gasteiger partial charge in [0.15, 0.2) is 0 Å². The standard InChI is InChI=1S/C13H13ClN2OS/c1-3-17-13(18)12-8-9(2)16(15-12)11-6-4-10(14)5-7-11/h4-8H,3H2,1-2H3. The van der Waals surface area contributed by atoms with Crippen LogP contribution in [0.5, 0.6) is 0 Å². The number of rotatable bonds is 3. The van der Waals surface area contributed by atoms with Crippen LogP contribution in [0.3, 0.4) is 0 Å². The van der Waals surface area contributed by atoms with Crippen LogP contribution < -0.4 is 0 Å². The van der Waals surface area contributed by atoms with Crippen molar-refractivity contribution in [3.8, 4) is 5.69 Å². The number of aromatic nitrogens is 2. The minimum atomic E-state index is 0.424. The maximum Gasteiger partial charge on any atom is 0.212 e. The summed E-state index contributed by atoms with van der Waals surface area (Å²) in [6.45, 7) is 4.42. The minimum absolute atomic E-state index is 0.424. The summed E-state index contributed by atoms with van der Waals surface area (Å²) >= 11 is 11.0. The van der Waals surface area contributed by atoms with E-state index in [1.54, 1.807) is 0 Å². The average molecular weight is 281 g/mol. The molecule has 5 heteroatoms. The third-order valence-corrected chi connectivity index (χ3v) is 3.02. The molecule has 3 nitrogen and oxygen atoms in total. The molecule has 0 saturated carbocycles. The minimum Gasteiger partial charge on any atom is -0.482 e. The van der Waals surface area contributed by atoms with E-state index in [9.17, 15) is 0 Å². The number of hydrogen-bond acceptors (Lipinski definition) is 3. The molecule has 0 aliphatic rings. The maximum absolute atomic E-state index is 5.87. The van der Waals surface area contributed by atoms with Crippen LogP contribution in [-0.2, 0) is 4.74 Å². The highest BCUT2D eigenvalue weighted by molar-refractivity contribution is 7.80. The van der Waals surface area contributed by atoms with Gasteiger partial charge in [-0.3, -0.25) is 0 Å². The number of ether oxygens (including phenoxy) is 1. The molecule has 0 atom stereocenters. The highest BCUT2D eigenvalue weighted by atomic mass is 35.5. The Morgan fingerprint density at radius 3 is 2.67 bits per heavy atom. The fourth-order valence-electron chi connectivity index (χ4n) is 1.62. The van der Waals surface area contributed by atoms with Crippen molar-refractivity contribution in [2.24, 2.45) is 0 Å². The lowest BCUT2D eigenvalue weighted by atomic mass is 10.3. The third-order valence-electron chi connectivity index (χ3n) is 2.44. The van der Waals surface area contributed by atoms with Crippen molar-refractivity contribution in [3.63, 3.8) is 0 Å². The van der Waals surface area contributed by atoms with E-state index in [1.165, 1.54) is 0 Å². The van der Waals surface area contributed by atoms with Crippen molar-refractivity contribution in [1.29, 1.82) is 0 Å². The topological polar surface area (TPSA) is 27.1 Å². The molecule has 0 spiro atoms. The largest absolute Gasteiger partial charge is 0.482 e. The Morgan fingerprint density at radius 2 is 2.06 bits per heavy atom. The van der Waals surface area contributed by atoms with Gasteiger partial charge in [0, 0.05) is 10.7 Å². The van der Waals surface area contributed by atoms with E-state index < -0.39 is 0 Å². The number of aryl methyl sites for hydroxylation is 1. The van der Waals surface area contributed by atoms with Gasteiger partial charge in [-0.25, -0.2) is 4.68 Å². The van der Waals surface area contributed by atoms with Crippen molar-refractivity contribution in [1.82, 2.24) is 9.78 Å². The smallest absolute Gasteiger partial charge is 0.212 e. The average Bonchev–Trinajstić information content (AvgIpc) is 2.73. The van der Waals surface area contributed by atoms with Gasteiger partial charge in [0.1, 0.15) is 5.69 Å². The number of hydrogen-bond donors (Lipinski definition) is 0. The SMILES string of the molecule is CCOC(=S)c1cc(C)n(-c2ccc(Cl)cc2)n1. The molecule has 0 unspecified atom stereocenters. The first-order chi connectivity index (χ1) is 8.61. The predicted molar refractivity (Wildman–Crippen MR) is 76.6 cm³/mol. The Hall–Kier alpha value is -1.39. The summed E-state index contributed by atoms with van der Waals surface area (Å²) in [7, 11) is 0. The molecular weight excluding hydrogens is 268 g/mol. The normalized spacial score (nSPS) is 10.4. The van der Waals surface area contributed by atoms with Crippen LogP contribution in [0.4, 0.5) is 0 Å². The molecule has 0 bridgehead atoms. The van der Waals surface area contributed by atoms with E-state index >= 15 is 0 Å². The van der Waals surface area contributed by atoms with E-state index in [4.69, 9.17) is 28.6 Å². The third kappa shape index (κ3) is 2.71. The molecule has 0 saturated heterocycles. The van der Waals surface area contributed by atoms with E-state index in [0.717, 1.165) is 11.4 Å².